The molecular weight excluding hydrogens is 386 g/mol. The lowest BCUT2D eigenvalue weighted by Crippen LogP contribution is -2.32. The Morgan fingerprint density at radius 1 is 1.15 bits per heavy atom. The van der Waals surface area contributed by atoms with Crippen molar-refractivity contribution in [3.63, 3.8) is 0 Å². The number of benzene rings is 2. The van der Waals surface area contributed by atoms with Crippen LogP contribution < -0.4 is 0 Å². The molecule has 0 saturated carbocycles. The van der Waals surface area contributed by atoms with E-state index in [1.54, 1.807) is 19.1 Å². The van der Waals surface area contributed by atoms with Crippen LogP contribution in [-0.4, -0.2) is 32.0 Å². The van der Waals surface area contributed by atoms with Gasteiger partial charge in [0.2, 0.25) is 10.0 Å². The summed E-state index contributed by atoms with van der Waals surface area (Å²) in [6.45, 7) is 0.558. The Kier molecular flexibility index (Phi) is 5.29. The maximum atomic E-state index is 13.1. The Morgan fingerprint density at radius 2 is 1.81 bits per heavy atom. The van der Waals surface area contributed by atoms with Gasteiger partial charge in [0.1, 0.15) is 12.8 Å². The summed E-state index contributed by atoms with van der Waals surface area (Å²) in [5.41, 5.74) is -0.0841. The first-order valence-electron chi connectivity index (χ1n) is 8.10. The lowest BCUT2D eigenvalue weighted by atomic mass is 10.1. The Bertz CT molecular complexity index is 913. The fourth-order valence-electron chi connectivity index (χ4n) is 2.86. The van der Waals surface area contributed by atoms with E-state index in [4.69, 9.17) is 4.74 Å². The molecule has 2 atom stereocenters. The normalized spacial score (nSPS) is 21.5. The van der Waals surface area contributed by atoms with Crippen LogP contribution in [0.1, 0.15) is 22.9 Å². The van der Waals surface area contributed by atoms with Crippen LogP contribution in [0.2, 0.25) is 0 Å². The van der Waals surface area contributed by atoms with Gasteiger partial charge in [-0.05, 0) is 36.8 Å². The van der Waals surface area contributed by atoms with Crippen LogP contribution in [0, 0.1) is 6.92 Å². The summed E-state index contributed by atoms with van der Waals surface area (Å²) in [6, 6.07) is 10.2. The van der Waals surface area contributed by atoms with E-state index in [9.17, 15) is 26.0 Å². The van der Waals surface area contributed by atoms with E-state index >= 15 is 0 Å². The number of hydrogen-bond donors (Lipinski definition) is 0. The fourth-order valence-corrected chi connectivity index (χ4v) is 4.39. The molecular formula is C18H17F4NO3S. The van der Waals surface area contributed by atoms with Crippen LogP contribution in [-0.2, 0) is 20.9 Å². The van der Waals surface area contributed by atoms with Crippen molar-refractivity contribution in [2.24, 2.45) is 0 Å². The second kappa shape index (κ2) is 7.21. The highest BCUT2D eigenvalue weighted by Crippen LogP contribution is 2.38. The van der Waals surface area contributed by atoms with Crippen molar-refractivity contribution in [3.8, 4) is 0 Å². The molecule has 0 radical (unpaired) electrons. The summed E-state index contributed by atoms with van der Waals surface area (Å²) in [5.74, 6) is 0. The molecule has 146 valence electrons. The van der Waals surface area contributed by atoms with E-state index in [1.807, 2.05) is 0 Å². The number of nitrogens with zero attached hydrogens (tertiary/aromatic N) is 1. The molecule has 1 aliphatic rings. The van der Waals surface area contributed by atoms with Gasteiger partial charge >= 0.3 is 6.18 Å². The first kappa shape index (κ1) is 19.8. The van der Waals surface area contributed by atoms with E-state index < -0.39 is 40.8 Å². The van der Waals surface area contributed by atoms with E-state index in [-0.39, 0.29) is 17.0 Å². The zero-order valence-corrected chi connectivity index (χ0v) is 15.1. The van der Waals surface area contributed by atoms with E-state index in [1.165, 1.54) is 24.3 Å². The standard InChI is InChI=1S/C18H17F4NO3S/c1-12-5-7-16(8-6-12)27(24,25)23-11-15(10-19)26-17(23)13-3-2-4-14(9-13)18(20,21)22/h2-9,15,17H,10-11H2,1H3. The molecule has 27 heavy (non-hydrogen) atoms. The van der Waals surface area contributed by atoms with Crippen molar-refractivity contribution in [2.75, 3.05) is 13.2 Å². The number of hydrogen-bond acceptors (Lipinski definition) is 3. The third kappa shape index (κ3) is 3.99. The summed E-state index contributed by atoms with van der Waals surface area (Å²) in [5, 5.41) is 0. The van der Waals surface area contributed by atoms with Crippen molar-refractivity contribution in [1.29, 1.82) is 0 Å². The molecule has 9 heteroatoms. The van der Waals surface area contributed by atoms with Crippen molar-refractivity contribution in [1.82, 2.24) is 4.31 Å². The Hall–Kier alpha value is -1.97. The predicted octanol–water partition coefficient (Wildman–Crippen LogP) is 4.07. The van der Waals surface area contributed by atoms with Crippen molar-refractivity contribution in [3.05, 3.63) is 65.2 Å². The van der Waals surface area contributed by atoms with Gasteiger partial charge in [0.15, 0.2) is 6.23 Å². The van der Waals surface area contributed by atoms with Gasteiger partial charge in [0.05, 0.1) is 10.5 Å². The van der Waals surface area contributed by atoms with Gasteiger partial charge in [-0.15, -0.1) is 0 Å². The first-order chi connectivity index (χ1) is 12.6. The van der Waals surface area contributed by atoms with Crippen LogP contribution in [0.3, 0.4) is 0 Å². The van der Waals surface area contributed by atoms with Gasteiger partial charge in [0.25, 0.3) is 0 Å². The maximum Gasteiger partial charge on any atom is 0.416 e. The molecule has 0 N–H and O–H groups in total. The average molecular weight is 403 g/mol. The van der Waals surface area contributed by atoms with E-state index in [2.05, 4.69) is 0 Å². The second-order valence-corrected chi connectivity index (χ2v) is 8.17. The predicted molar refractivity (Wildman–Crippen MR) is 90.1 cm³/mol. The lowest BCUT2D eigenvalue weighted by molar-refractivity contribution is -0.137. The zero-order valence-electron chi connectivity index (χ0n) is 14.3. The Morgan fingerprint density at radius 3 is 2.41 bits per heavy atom. The van der Waals surface area contributed by atoms with E-state index in [0.29, 0.717) is 0 Å². The van der Waals surface area contributed by atoms with Gasteiger partial charge in [-0.3, -0.25) is 0 Å². The minimum atomic E-state index is -4.59. The van der Waals surface area contributed by atoms with Crippen molar-refractivity contribution >= 4 is 10.0 Å². The van der Waals surface area contributed by atoms with Crippen LogP contribution in [0.5, 0.6) is 0 Å². The van der Waals surface area contributed by atoms with Gasteiger partial charge in [-0.25, -0.2) is 12.8 Å². The minimum absolute atomic E-state index is 0.00328. The van der Waals surface area contributed by atoms with Crippen molar-refractivity contribution < 1.29 is 30.7 Å². The summed E-state index contributed by atoms with van der Waals surface area (Å²) in [7, 11) is -4.08. The molecule has 0 aromatic heterocycles. The molecule has 2 aromatic carbocycles. The van der Waals surface area contributed by atoms with Crippen LogP contribution in [0.25, 0.3) is 0 Å². The molecule has 3 rings (SSSR count). The lowest BCUT2D eigenvalue weighted by Gasteiger charge is -2.23. The number of ether oxygens (including phenoxy) is 1. The van der Waals surface area contributed by atoms with Gasteiger partial charge in [0, 0.05) is 6.54 Å². The topological polar surface area (TPSA) is 46.6 Å². The number of sulfonamides is 1. The van der Waals surface area contributed by atoms with Crippen LogP contribution >= 0.6 is 0 Å². The molecule has 2 unspecified atom stereocenters. The number of aryl methyl sites for hydroxylation is 1. The SMILES string of the molecule is Cc1ccc(S(=O)(=O)N2CC(CF)OC2c2cccc(C(F)(F)F)c2)cc1. The van der Waals surface area contributed by atoms with E-state index in [0.717, 1.165) is 22.0 Å². The number of rotatable bonds is 4. The zero-order chi connectivity index (χ0) is 19.8. The summed E-state index contributed by atoms with van der Waals surface area (Å²) < 4.78 is 84.4. The molecule has 1 saturated heterocycles. The maximum absolute atomic E-state index is 13.1. The number of halogens is 4. The third-order valence-electron chi connectivity index (χ3n) is 4.27. The van der Waals surface area contributed by atoms with Gasteiger partial charge in [-0.2, -0.15) is 17.5 Å². The molecule has 1 aliphatic heterocycles. The molecule has 0 bridgehead atoms. The highest BCUT2D eigenvalue weighted by molar-refractivity contribution is 7.89. The monoisotopic (exact) mass is 403 g/mol. The third-order valence-corrected chi connectivity index (χ3v) is 6.09. The van der Waals surface area contributed by atoms with Crippen LogP contribution in [0.15, 0.2) is 53.4 Å². The molecule has 0 aliphatic carbocycles. The molecule has 4 nitrogen and oxygen atoms in total. The van der Waals surface area contributed by atoms with Gasteiger partial charge in [-0.1, -0.05) is 29.8 Å². The summed E-state index contributed by atoms with van der Waals surface area (Å²) in [4.78, 5) is -0.0341. The smallest absolute Gasteiger partial charge is 0.350 e. The highest BCUT2D eigenvalue weighted by atomic mass is 32.2. The first-order valence-corrected chi connectivity index (χ1v) is 9.54. The largest absolute Gasteiger partial charge is 0.416 e. The quantitative estimate of drug-likeness (QED) is 0.723. The molecule has 1 fully saturated rings. The number of alkyl halides is 4. The molecule has 0 spiro atoms. The molecule has 0 amide bonds. The van der Waals surface area contributed by atoms with Crippen molar-refractivity contribution in [2.45, 2.75) is 30.3 Å². The molecule has 1 heterocycles. The second-order valence-electron chi connectivity index (χ2n) is 6.28. The van der Waals surface area contributed by atoms with Crippen LogP contribution in [0.4, 0.5) is 17.6 Å². The minimum Gasteiger partial charge on any atom is -0.350 e. The summed E-state index contributed by atoms with van der Waals surface area (Å²) in [6.07, 6.45) is -6.97. The molecule has 2 aromatic rings. The highest BCUT2D eigenvalue weighted by Gasteiger charge is 2.42. The Balaban J connectivity index is 2.02. The fraction of sp³-hybridized carbons (Fsp3) is 0.333. The average Bonchev–Trinajstić information content (AvgIpc) is 3.07. The summed E-state index contributed by atoms with van der Waals surface area (Å²) >= 11 is 0. The Labute approximate surface area is 154 Å². The van der Waals surface area contributed by atoms with Gasteiger partial charge < -0.3 is 4.74 Å².